The lowest BCUT2D eigenvalue weighted by atomic mass is 10.2. The van der Waals surface area contributed by atoms with Crippen molar-refractivity contribution in [1.82, 2.24) is 24.8 Å². The largest absolute Gasteiger partial charge is 0.342 e. The molecule has 1 aromatic carbocycles. The van der Waals surface area contributed by atoms with Crippen molar-refractivity contribution in [2.75, 3.05) is 6.54 Å². The molecule has 2 N–H and O–H groups in total. The van der Waals surface area contributed by atoms with Crippen LogP contribution in [0.15, 0.2) is 35.5 Å². The second-order valence-electron chi connectivity index (χ2n) is 5.36. The molecule has 1 atom stereocenters. The zero-order valence-electron chi connectivity index (χ0n) is 13.9. The zero-order valence-corrected chi connectivity index (χ0v) is 14.7. The van der Waals surface area contributed by atoms with Gasteiger partial charge in [-0.25, -0.2) is 18.1 Å². The highest BCUT2D eigenvalue weighted by Gasteiger charge is 2.17. The van der Waals surface area contributed by atoms with Gasteiger partial charge in [-0.05, 0) is 37.6 Å². The summed E-state index contributed by atoms with van der Waals surface area (Å²) in [6.45, 7) is 4.06. The summed E-state index contributed by atoms with van der Waals surface area (Å²) >= 11 is 0. The van der Waals surface area contributed by atoms with Gasteiger partial charge in [0.05, 0.1) is 10.9 Å². The van der Waals surface area contributed by atoms with Crippen molar-refractivity contribution < 1.29 is 13.2 Å². The Morgan fingerprint density at radius 2 is 1.96 bits per heavy atom. The number of nitrogens with one attached hydrogen (secondary N) is 2. The van der Waals surface area contributed by atoms with Gasteiger partial charge in [0.15, 0.2) is 0 Å². The Hall–Kier alpha value is -2.26. The topological polar surface area (TPSA) is 106 Å². The van der Waals surface area contributed by atoms with E-state index in [-0.39, 0.29) is 16.8 Å². The second-order valence-corrected chi connectivity index (χ2v) is 7.13. The Bertz CT molecular complexity index is 799. The van der Waals surface area contributed by atoms with Gasteiger partial charge in [0.25, 0.3) is 5.91 Å². The zero-order chi connectivity index (χ0) is 17.7. The molecule has 0 aliphatic heterocycles. The monoisotopic (exact) mass is 351 g/mol. The SMILES string of the molecule is CCCNS(=O)(=O)c1ccc(C(=O)N[C@H](C)c2ncnn2C)cc1. The summed E-state index contributed by atoms with van der Waals surface area (Å²) in [5.74, 6) is 0.322. The predicted molar refractivity (Wildman–Crippen MR) is 88.8 cm³/mol. The highest BCUT2D eigenvalue weighted by Crippen LogP contribution is 2.13. The van der Waals surface area contributed by atoms with E-state index in [2.05, 4.69) is 20.1 Å². The van der Waals surface area contributed by atoms with Crippen molar-refractivity contribution in [3.8, 4) is 0 Å². The van der Waals surface area contributed by atoms with Gasteiger partial charge in [-0.15, -0.1) is 0 Å². The first-order valence-electron chi connectivity index (χ1n) is 7.59. The normalized spacial score (nSPS) is 12.8. The lowest BCUT2D eigenvalue weighted by Crippen LogP contribution is -2.28. The molecule has 0 fully saturated rings. The number of nitrogens with zero attached hydrogens (tertiary/aromatic N) is 3. The summed E-state index contributed by atoms with van der Waals surface area (Å²) in [5, 5.41) is 6.77. The summed E-state index contributed by atoms with van der Waals surface area (Å²) < 4.78 is 28.1. The Morgan fingerprint density at radius 3 is 2.50 bits per heavy atom. The molecule has 24 heavy (non-hydrogen) atoms. The summed E-state index contributed by atoms with van der Waals surface area (Å²) in [7, 11) is -1.79. The van der Waals surface area contributed by atoms with E-state index in [1.54, 1.807) is 18.7 Å². The van der Waals surface area contributed by atoms with Crippen LogP contribution in [0.2, 0.25) is 0 Å². The number of benzene rings is 1. The Kier molecular flexibility index (Phi) is 5.68. The molecule has 0 radical (unpaired) electrons. The minimum absolute atomic E-state index is 0.133. The minimum Gasteiger partial charge on any atom is -0.342 e. The maximum absolute atomic E-state index is 12.3. The lowest BCUT2D eigenvalue weighted by molar-refractivity contribution is 0.0937. The fraction of sp³-hybridized carbons (Fsp3) is 0.400. The van der Waals surface area contributed by atoms with Crippen LogP contribution in [0.3, 0.4) is 0 Å². The van der Waals surface area contributed by atoms with Crippen LogP contribution in [0.4, 0.5) is 0 Å². The maximum atomic E-state index is 12.3. The highest BCUT2D eigenvalue weighted by atomic mass is 32.2. The molecule has 8 nitrogen and oxygen atoms in total. The van der Waals surface area contributed by atoms with E-state index >= 15 is 0 Å². The third kappa shape index (κ3) is 4.18. The number of rotatable bonds is 7. The van der Waals surface area contributed by atoms with Crippen molar-refractivity contribution in [1.29, 1.82) is 0 Å². The first kappa shape index (κ1) is 18.1. The van der Waals surface area contributed by atoms with Crippen LogP contribution in [0.25, 0.3) is 0 Å². The Morgan fingerprint density at radius 1 is 1.29 bits per heavy atom. The first-order chi connectivity index (χ1) is 11.3. The molecule has 130 valence electrons. The summed E-state index contributed by atoms with van der Waals surface area (Å²) in [4.78, 5) is 16.5. The van der Waals surface area contributed by atoms with Gasteiger partial charge in [0, 0.05) is 19.2 Å². The summed E-state index contributed by atoms with van der Waals surface area (Å²) in [6, 6.07) is 5.48. The van der Waals surface area contributed by atoms with Crippen LogP contribution < -0.4 is 10.0 Å². The molecule has 0 aliphatic carbocycles. The molecule has 2 aromatic rings. The number of amides is 1. The van der Waals surface area contributed by atoms with E-state index < -0.39 is 10.0 Å². The molecule has 0 spiro atoms. The molecular weight excluding hydrogens is 330 g/mol. The van der Waals surface area contributed by atoms with E-state index in [4.69, 9.17) is 0 Å². The van der Waals surface area contributed by atoms with Crippen molar-refractivity contribution in [2.24, 2.45) is 7.05 Å². The van der Waals surface area contributed by atoms with Crippen LogP contribution >= 0.6 is 0 Å². The molecule has 0 aliphatic rings. The third-order valence-electron chi connectivity index (χ3n) is 3.45. The maximum Gasteiger partial charge on any atom is 0.251 e. The van der Waals surface area contributed by atoms with E-state index in [1.807, 2.05) is 6.92 Å². The van der Waals surface area contributed by atoms with Crippen LogP contribution in [-0.2, 0) is 17.1 Å². The molecular formula is C15H21N5O3S. The van der Waals surface area contributed by atoms with Crippen LogP contribution in [0, 0.1) is 0 Å². The van der Waals surface area contributed by atoms with Gasteiger partial charge in [-0.3, -0.25) is 9.48 Å². The molecule has 1 heterocycles. The molecule has 0 saturated heterocycles. The number of hydrogen-bond acceptors (Lipinski definition) is 5. The van der Waals surface area contributed by atoms with Crippen LogP contribution in [-0.4, -0.2) is 35.6 Å². The van der Waals surface area contributed by atoms with E-state index in [9.17, 15) is 13.2 Å². The van der Waals surface area contributed by atoms with E-state index in [0.717, 1.165) is 0 Å². The van der Waals surface area contributed by atoms with Crippen molar-refractivity contribution in [3.63, 3.8) is 0 Å². The Labute approximate surface area is 141 Å². The quantitative estimate of drug-likeness (QED) is 0.774. The number of aryl methyl sites for hydroxylation is 1. The smallest absolute Gasteiger partial charge is 0.251 e. The van der Waals surface area contributed by atoms with Gasteiger partial charge < -0.3 is 5.32 Å². The molecule has 0 bridgehead atoms. The second kappa shape index (κ2) is 7.54. The highest BCUT2D eigenvalue weighted by molar-refractivity contribution is 7.89. The number of hydrogen-bond donors (Lipinski definition) is 2. The van der Waals surface area contributed by atoms with Crippen LogP contribution in [0.1, 0.15) is 42.5 Å². The lowest BCUT2D eigenvalue weighted by Gasteiger charge is -2.13. The third-order valence-corrected chi connectivity index (χ3v) is 4.93. The van der Waals surface area contributed by atoms with Crippen LogP contribution in [0.5, 0.6) is 0 Å². The van der Waals surface area contributed by atoms with Gasteiger partial charge in [0.2, 0.25) is 10.0 Å². The van der Waals surface area contributed by atoms with Gasteiger partial charge in [-0.2, -0.15) is 5.10 Å². The first-order valence-corrected chi connectivity index (χ1v) is 9.08. The van der Waals surface area contributed by atoms with Crippen molar-refractivity contribution >= 4 is 15.9 Å². The summed E-state index contributed by atoms with van der Waals surface area (Å²) in [6.07, 6.45) is 2.13. The van der Waals surface area contributed by atoms with E-state index in [0.29, 0.717) is 24.4 Å². The average molecular weight is 351 g/mol. The fourth-order valence-electron chi connectivity index (χ4n) is 2.15. The molecule has 0 unspecified atom stereocenters. The van der Waals surface area contributed by atoms with Gasteiger partial charge in [-0.1, -0.05) is 6.92 Å². The average Bonchev–Trinajstić information content (AvgIpc) is 2.99. The molecule has 2 rings (SSSR count). The Balaban J connectivity index is 2.07. The fourth-order valence-corrected chi connectivity index (χ4v) is 3.28. The molecule has 9 heteroatoms. The van der Waals surface area contributed by atoms with E-state index in [1.165, 1.54) is 30.6 Å². The summed E-state index contributed by atoms with van der Waals surface area (Å²) in [5.41, 5.74) is 0.374. The number of carbonyl (C=O) groups excluding carboxylic acids is 1. The molecule has 0 saturated carbocycles. The minimum atomic E-state index is -3.53. The van der Waals surface area contributed by atoms with Crippen molar-refractivity contribution in [2.45, 2.75) is 31.2 Å². The predicted octanol–water partition coefficient (Wildman–Crippen LogP) is 0.994. The van der Waals surface area contributed by atoms with Gasteiger partial charge in [0.1, 0.15) is 12.2 Å². The molecule has 1 aromatic heterocycles. The number of aromatic nitrogens is 3. The molecule has 1 amide bonds. The van der Waals surface area contributed by atoms with Gasteiger partial charge >= 0.3 is 0 Å². The standard InChI is InChI=1S/C15H21N5O3S/c1-4-9-18-24(22,23)13-7-5-12(6-8-13)15(21)19-11(2)14-16-10-17-20(14)3/h5-8,10-11,18H,4,9H2,1-3H3,(H,19,21)/t11-/m1/s1. The number of sulfonamides is 1. The number of carbonyl (C=O) groups is 1. The van der Waals surface area contributed by atoms with Crippen molar-refractivity contribution in [3.05, 3.63) is 42.0 Å².